The molecule has 0 saturated carbocycles. The molecule has 5 nitrogen and oxygen atoms in total. The van der Waals surface area contributed by atoms with Crippen LogP contribution in [0.5, 0.6) is 17.2 Å². The summed E-state index contributed by atoms with van der Waals surface area (Å²) in [5.74, 6) is 2.49. The highest BCUT2D eigenvalue weighted by atomic mass is 16.7. The second-order valence-corrected chi connectivity index (χ2v) is 6.01. The number of ether oxygens (including phenoxy) is 3. The molecule has 4 rings (SSSR count). The Morgan fingerprint density at radius 3 is 2.73 bits per heavy atom. The van der Waals surface area contributed by atoms with Crippen molar-refractivity contribution in [2.75, 3.05) is 6.79 Å². The zero-order chi connectivity index (χ0) is 17.6. The molecule has 1 N–H and O–H groups in total. The van der Waals surface area contributed by atoms with E-state index >= 15 is 0 Å². The number of benzene rings is 2. The first-order valence-corrected chi connectivity index (χ1v) is 8.58. The SMILES string of the molecule is c1ccc(COc2ccccc2CNCc2ccc3c(c2)OCO3)nc1. The molecule has 1 aliphatic rings. The lowest BCUT2D eigenvalue weighted by Crippen LogP contribution is -2.13. The summed E-state index contributed by atoms with van der Waals surface area (Å²) in [4.78, 5) is 4.29. The number of aromatic nitrogens is 1. The van der Waals surface area contributed by atoms with Gasteiger partial charge in [-0.2, -0.15) is 0 Å². The molecule has 0 fully saturated rings. The van der Waals surface area contributed by atoms with E-state index in [2.05, 4.69) is 16.4 Å². The molecule has 0 atom stereocenters. The van der Waals surface area contributed by atoms with Gasteiger partial charge in [-0.15, -0.1) is 0 Å². The maximum absolute atomic E-state index is 5.95. The molecule has 26 heavy (non-hydrogen) atoms. The van der Waals surface area contributed by atoms with Crippen molar-refractivity contribution in [1.82, 2.24) is 10.3 Å². The largest absolute Gasteiger partial charge is 0.487 e. The van der Waals surface area contributed by atoms with Gasteiger partial charge in [0.25, 0.3) is 0 Å². The number of hydrogen-bond donors (Lipinski definition) is 1. The van der Waals surface area contributed by atoms with Gasteiger partial charge in [0.1, 0.15) is 12.4 Å². The van der Waals surface area contributed by atoms with Crippen LogP contribution >= 0.6 is 0 Å². The van der Waals surface area contributed by atoms with Crippen molar-refractivity contribution in [3.63, 3.8) is 0 Å². The van der Waals surface area contributed by atoms with Gasteiger partial charge in [-0.25, -0.2) is 0 Å². The predicted molar refractivity (Wildman–Crippen MR) is 98.1 cm³/mol. The Bertz CT molecular complexity index is 868. The Morgan fingerprint density at radius 2 is 1.81 bits per heavy atom. The van der Waals surface area contributed by atoms with Crippen LogP contribution in [0.1, 0.15) is 16.8 Å². The minimum absolute atomic E-state index is 0.299. The van der Waals surface area contributed by atoms with Gasteiger partial charge in [0.2, 0.25) is 6.79 Å². The van der Waals surface area contributed by atoms with Crippen LogP contribution in [0.2, 0.25) is 0 Å². The monoisotopic (exact) mass is 348 g/mol. The van der Waals surface area contributed by atoms with Crippen molar-refractivity contribution in [2.45, 2.75) is 19.7 Å². The lowest BCUT2D eigenvalue weighted by atomic mass is 10.1. The minimum atomic E-state index is 0.299. The first-order valence-electron chi connectivity index (χ1n) is 8.58. The van der Waals surface area contributed by atoms with Crippen LogP contribution in [-0.2, 0) is 19.7 Å². The van der Waals surface area contributed by atoms with Crippen LogP contribution in [0.3, 0.4) is 0 Å². The fourth-order valence-corrected chi connectivity index (χ4v) is 2.82. The Kier molecular flexibility index (Phi) is 4.98. The van der Waals surface area contributed by atoms with Gasteiger partial charge in [0, 0.05) is 24.8 Å². The third-order valence-corrected chi connectivity index (χ3v) is 4.16. The molecule has 0 bridgehead atoms. The molecule has 3 aromatic rings. The maximum atomic E-state index is 5.95. The number of pyridine rings is 1. The van der Waals surface area contributed by atoms with Gasteiger partial charge in [-0.3, -0.25) is 4.98 Å². The first kappa shape index (κ1) is 16.4. The normalized spacial score (nSPS) is 12.2. The number of para-hydroxylation sites is 1. The molecule has 0 unspecified atom stereocenters. The number of hydrogen-bond acceptors (Lipinski definition) is 5. The van der Waals surface area contributed by atoms with E-state index in [1.807, 2.05) is 54.6 Å². The molecule has 2 heterocycles. The molecular weight excluding hydrogens is 328 g/mol. The predicted octanol–water partition coefficient (Wildman–Crippen LogP) is 3.68. The summed E-state index contributed by atoms with van der Waals surface area (Å²) in [6, 6.07) is 19.9. The third kappa shape index (κ3) is 3.95. The topological polar surface area (TPSA) is 52.6 Å². The van der Waals surface area contributed by atoms with Gasteiger partial charge < -0.3 is 19.5 Å². The molecule has 0 saturated heterocycles. The minimum Gasteiger partial charge on any atom is -0.487 e. The maximum Gasteiger partial charge on any atom is 0.231 e. The van der Waals surface area contributed by atoms with Crippen LogP contribution in [0.15, 0.2) is 66.9 Å². The zero-order valence-electron chi connectivity index (χ0n) is 14.4. The Hall–Kier alpha value is -3.05. The van der Waals surface area contributed by atoms with E-state index in [9.17, 15) is 0 Å². The number of rotatable bonds is 7. The summed E-state index contributed by atoms with van der Waals surface area (Å²) in [5.41, 5.74) is 3.18. The second kappa shape index (κ2) is 7.89. The molecule has 5 heteroatoms. The smallest absolute Gasteiger partial charge is 0.231 e. The van der Waals surface area contributed by atoms with E-state index in [-0.39, 0.29) is 0 Å². The number of fused-ring (bicyclic) bond motifs is 1. The van der Waals surface area contributed by atoms with Crippen LogP contribution in [0, 0.1) is 0 Å². The summed E-state index contributed by atoms with van der Waals surface area (Å²) < 4.78 is 16.7. The van der Waals surface area contributed by atoms with Crippen LogP contribution in [-0.4, -0.2) is 11.8 Å². The van der Waals surface area contributed by atoms with E-state index in [1.54, 1.807) is 6.20 Å². The molecule has 1 aliphatic heterocycles. The van der Waals surface area contributed by atoms with Crippen LogP contribution < -0.4 is 19.5 Å². The lowest BCUT2D eigenvalue weighted by Gasteiger charge is -2.12. The number of nitrogens with zero attached hydrogens (tertiary/aromatic N) is 1. The van der Waals surface area contributed by atoms with Gasteiger partial charge in [-0.05, 0) is 35.9 Å². The van der Waals surface area contributed by atoms with Gasteiger partial charge in [0.15, 0.2) is 11.5 Å². The van der Waals surface area contributed by atoms with Crippen molar-refractivity contribution >= 4 is 0 Å². The molecular formula is C21H20N2O3. The highest BCUT2D eigenvalue weighted by Gasteiger charge is 2.13. The van der Waals surface area contributed by atoms with E-state index in [0.29, 0.717) is 19.9 Å². The Labute approximate surface area is 152 Å². The molecule has 0 spiro atoms. The fraction of sp³-hybridized carbons (Fsp3) is 0.190. The highest BCUT2D eigenvalue weighted by Crippen LogP contribution is 2.32. The van der Waals surface area contributed by atoms with Gasteiger partial charge in [0.05, 0.1) is 5.69 Å². The summed E-state index contributed by atoms with van der Waals surface area (Å²) in [6.45, 7) is 2.21. The van der Waals surface area contributed by atoms with Crippen molar-refractivity contribution in [2.24, 2.45) is 0 Å². The van der Waals surface area contributed by atoms with E-state index in [4.69, 9.17) is 14.2 Å². The summed E-state index contributed by atoms with van der Waals surface area (Å²) in [5, 5.41) is 3.46. The standard InChI is InChI=1S/C21H20N2O3/c1-2-7-19(24-14-18-6-3-4-10-23-18)17(5-1)13-22-12-16-8-9-20-21(11-16)26-15-25-20/h1-11,22H,12-15H2. The van der Waals surface area contributed by atoms with E-state index in [1.165, 1.54) is 0 Å². The highest BCUT2D eigenvalue weighted by molar-refractivity contribution is 5.44. The van der Waals surface area contributed by atoms with Crippen molar-refractivity contribution < 1.29 is 14.2 Å². The summed E-state index contributed by atoms with van der Waals surface area (Å²) in [6.07, 6.45) is 1.78. The fourth-order valence-electron chi connectivity index (χ4n) is 2.82. The van der Waals surface area contributed by atoms with Gasteiger partial charge in [-0.1, -0.05) is 30.3 Å². The molecule has 2 aromatic carbocycles. The van der Waals surface area contributed by atoms with E-state index in [0.717, 1.165) is 40.6 Å². The lowest BCUT2D eigenvalue weighted by molar-refractivity contribution is 0.174. The average molecular weight is 348 g/mol. The van der Waals surface area contributed by atoms with E-state index < -0.39 is 0 Å². The van der Waals surface area contributed by atoms with Crippen LogP contribution in [0.4, 0.5) is 0 Å². The summed E-state index contributed by atoms with van der Waals surface area (Å²) >= 11 is 0. The quantitative estimate of drug-likeness (QED) is 0.706. The molecule has 0 aliphatic carbocycles. The Balaban J connectivity index is 1.34. The zero-order valence-corrected chi connectivity index (χ0v) is 14.4. The second-order valence-electron chi connectivity index (χ2n) is 6.01. The van der Waals surface area contributed by atoms with Crippen molar-refractivity contribution in [3.05, 3.63) is 83.7 Å². The molecule has 0 radical (unpaired) electrons. The Morgan fingerprint density at radius 1 is 0.923 bits per heavy atom. The van der Waals surface area contributed by atoms with Gasteiger partial charge >= 0.3 is 0 Å². The first-order chi connectivity index (χ1) is 12.9. The van der Waals surface area contributed by atoms with Crippen molar-refractivity contribution in [3.8, 4) is 17.2 Å². The molecule has 132 valence electrons. The average Bonchev–Trinajstić information content (AvgIpc) is 3.16. The summed E-state index contributed by atoms with van der Waals surface area (Å²) in [7, 11) is 0. The molecule has 1 aromatic heterocycles. The van der Waals surface area contributed by atoms with Crippen molar-refractivity contribution in [1.29, 1.82) is 0 Å². The third-order valence-electron chi connectivity index (χ3n) is 4.16. The number of nitrogens with one attached hydrogen (secondary N) is 1. The molecule has 0 amide bonds. The van der Waals surface area contributed by atoms with Crippen LogP contribution in [0.25, 0.3) is 0 Å².